The molecule has 1 aromatic carbocycles. The van der Waals surface area contributed by atoms with Gasteiger partial charge in [0.2, 0.25) is 0 Å². The maximum Gasteiger partial charge on any atom is 0.309 e. The molecule has 34 heavy (non-hydrogen) atoms. The van der Waals surface area contributed by atoms with Crippen molar-refractivity contribution in [2.75, 3.05) is 0 Å². The van der Waals surface area contributed by atoms with Crippen molar-refractivity contribution in [1.29, 1.82) is 0 Å². The number of cyclic esters (lactones) is 1. The van der Waals surface area contributed by atoms with Crippen LogP contribution >= 0.6 is 0 Å². The van der Waals surface area contributed by atoms with Crippen LogP contribution in [-0.2, 0) is 14.3 Å². The SMILES string of the molecule is C/C1=C/C[C@@H](/C(C)=C/c2ccccc2)OC(=O)C[C@H](O)C(C)(C)C(=O)[C@H](C)[C@@H](O)[C@@H](C)CCC1. The van der Waals surface area contributed by atoms with Crippen molar-refractivity contribution in [2.45, 2.75) is 92.0 Å². The van der Waals surface area contributed by atoms with E-state index in [2.05, 4.69) is 13.0 Å². The van der Waals surface area contributed by atoms with Crippen molar-refractivity contribution in [3.8, 4) is 0 Å². The number of hydrogen-bond acceptors (Lipinski definition) is 5. The fourth-order valence-corrected chi connectivity index (χ4v) is 4.53. The quantitative estimate of drug-likeness (QED) is 0.440. The van der Waals surface area contributed by atoms with Gasteiger partial charge in [-0.25, -0.2) is 0 Å². The Morgan fingerprint density at radius 1 is 1.12 bits per heavy atom. The van der Waals surface area contributed by atoms with Gasteiger partial charge in [0.05, 0.1) is 24.0 Å². The first-order valence-electron chi connectivity index (χ1n) is 12.4. The number of benzene rings is 1. The van der Waals surface area contributed by atoms with Crippen molar-refractivity contribution >= 4 is 17.8 Å². The number of ketones is 1. The summed E-state index contributed by atoms with van der Waals surface area (Å²) in [5.41, 5.74) is 1.96. The molecule has 0 spiro atoms. The van der Waals surface area contributed by atoms with Crippen molar-refractivity contribution in [2.24, 2.45) is 17.3 Å². The first kappa shape index (κ1) is 28.0. The molecule has 1 heterocycles. The van der Waals surface area contributed by atoms with Gasteiger partial charge in [-0.05, 0) is 50.2 Å². The van der Waals surface area contributed by atoms with Crippen molar-refractivity contribution in [1.82, 2.24) is 0 Å². The summed E-state index contributed by atoms with van der Waals surface area (Å²) in [6.45, 7) is 10.9. The first-order valence-corrected chi connectivity index (χ1v) is 12.4. The number of aliphatic hydroxyl groups is 2. The van der Waals surface area contributed by atoms with Gasteiger partial charge < -0.3 is 14.9 Å². The zero-order valence-electron chi connectivity index (χ0n) is 21.6. The molecule has 2 rings (SSSR count). The summed E-state index contributed by atoms with van der Waals surface area (Å²) in [5, 5.41) is 21.6. The maximum absolute atomic E-state index is 13.2. The van der Waals surface area contributed by atoms with E-state index in [4.69, 9.17) is 4.74 Å². The number of rotatable bonds is 2. The average molecular weight is 471 g/mol. The Labute approximate surface area is 204 Å². The number of hydrogen-bond donors (Lipinski definition) is 2. The summed E-state index contributed by atoms with van der Waals surface area (Å²) in [6.07, 6.45) is 4.51. The molecule has 0 fully saturated rings. The Morgan fingerprint density at radius 2 is 1.76 bits per heavy atom. The largest absolute Gasteiger partial charge is 0.457 e. The van der Waals surface area contributed by atoms with E-state index in [1.54, 1.807) is 20.8 Å². The van der Waals surface area contributed by atoms with Crippen LogP contribution in [-0.4, -0.2) is 40.3 Å². The van der Waals surface area contributed by atoms with Crippen LogP contribution in [0.1, 0.15) is 79.2 Å². The van der Waals surface area contributed by atoms with E-state index >= 15 is 0 Å². The molecule has 1 aliphatic rings. The number of aliphatic hydroxyl groups excluding tert-OH is 2. The molecule has 0 amide bonds. The fourth-order valence-electron chi connectivity index (χ4n) is 4.53. The monoisotopic (exact) mass is 470 g/mol. The standard InChI is InChI=1S/C29H42O5/c1-19-11-10-12-20(2)27(32)22(4)28(33)29(5,6)25(30)18-26(31)34-24(16-15-19)21(3)17-23-13-8-7-9-14-23/h7-9,13-15,17,20,22,24-25,27,30,32H,10-12,16,18H2,1-6H3/b19-15-,21-17+/t20-,22+,24-,25-,27-/m0/s1. The summed E-state index contributed by atoms with van der Waals surface area (Å²) in [6, 6.07) is 9.87. The molecule has 2 N–H and O–H groups in total. The van der Waals surface area contributed by atoms with E-state index in [1.165, 1.54) is 5.57 Å². The van der Waals surface area contributed by atoms with Crippen LogP contribution in [0, 0.1) is 17.3 Å². The van der Waals surface area contributed by atoms with Crippen LogP contribution in [0.15, 0.2) is 47.6 Å². The fraction of sp³-hybridized carbons (Fsp3) is 0.586. The normalized spacial score (nSPS) is 31.9. The maximum atomic E-state index is 13.2. The third-order valence-electron chi connectivity index (χ3n) is 7.22. The molecule has 5 atom stereocenters. The topological polar surface area (TPSA) is 83.8 Å². The summed E-state index contributed by atoms with van der Waals surface area (Å²) < 4.78 is 5.83. The Balaban J connectivity index is 2.33. The Morgan fingerprint density at radius 3 is 2.41 bits per heavy atom. The molecule has 5 heteroatoms. The molecule has 0 saturated carbocycles. The average Bonchev–Trinajstić information content (AvgIpc) is 2.79. The molecule has 0 aliphatic carbocycles. The van der Waals surface area contributed by atoms with E-state index < -0.39 is 35.6 Å². The molecule has 1 aromatic rings. The summed E-state index contributed by atoms with van der Waals surface area (Å²) >= 11 is 0. The van der Waals surface area contributed by atoms with Crippen LogP contribution in [0.3, 0.4) is 0 Å². The molecule has 0 unspecified atom stereocenters. The lowest BCUT2D eigenvalue weighted by Gasteiger charge is -2.34. The van der Waals surface area contributed by atoms with Gasteiger partial charge >= 0.3 is 5.97 Å². The second-order valence-corrected chi connectivity index (χ2v) is 10.5. The van der Waals surface area contributed by atoms with Gasteiger partial charge in [-0.2, -0.15) is 0 Å². The molecule has 0 bridgehead atoms. The highest BCUT2D eigenvalue weighted by Gasteiger charge is 2.42. The molecule has 0 radical (unpaired) electrons. The summed E-state index contributed by atoms with van der Waals surface area (Å²) in [4.78, 5) is 26.0. The van der Waals surface area contributed by atoms with Gasteiger partial charge in [0.15, 0.2) is 0 Å². The number of allylic oxidation sites excluding steroid dienone is 1. The minimum Gasteiger partial charge on any atom is -0.457 e. The van der Waals surface area contributed by atoms with Crippen LogP contribution in [0.25, 0.3) is 6.08 Å². The van der Waals surface area contributed by atoms with Gasteiger partial charge in [-0.3, -0.25) is 9.59 Å². The molecule has 188 valence electrons. The van der Waals surface area contributed by atoms with Gasteiger partial charge in [0.1, 0.15) is 11.9 Å². The second-order valence-electron chi connectivity index (χ2n) is 10.5. The lowest BCUT2D eigenvalue weighted by atomic mass is 9.73. The lowest BCUT2D eigenvalue weighted by molar-refractivity contribution is -0.154. The van der Waals surface area contributed by atoms with Crippen molar-refractivity contribution in [3.05, 3.63) is 53.1 Å². The highest BCUT2D eigenvalue weighted by atomic mass is 16.5. The summed E-state index contributed by atoms with van der Waals surface area (Å²) in [5.74, 6) is -1.46. The van der Waals surface area contributed by atoms with E-state index in [0.29, 0.717) is 6.42 Å². The van der Waals surface area contributed by atoms with Crippen LogP contribution < -0.4 is 0 Å². The van der Waals surface area contributed by atoms with Gasteiger partial charge in [0.25, 0.3) is 0 Å². The highest BCUT2D eigenvalue weighted by Crippen LogP contribution is 2.32. The zero-order chi connectivity index (χ0) is 25.5. The van der Waals surface area contributed by atoms with E-state index in [9.17, 15) is 19.8 Å². The zero-order valence-corrected chi connectivity index (χ0v) is 21.6. The number of carbonyl (C=O) groups is 2. The summed E-state index contributed by atoms with van der Waals surface area (Å²) in [7, 11) is 0. The highest BCUT2D eigenvalue weighted by molar-refractivity contribution is 5.88. The van der Waals surface area contributed by atoms with Crippen molar-refractivity contribution < 1.29 is 24.5 Å². The number of Topliss-reactive ketones (excluding diaryl/α,β-unsaturated/α-hetero) is 1. The molecule has 5 nitrogen and oxygen atoms in total. The Hall–Kier alpha value is -2.24. The van der Waals surface area contributed by atoms with Gasteiger partial charge in [0, 0.05) is 12.3 Å². The Bertz CT molecular complexity index is 883. The van der Waals surface area contributed by atoms with Crippen LogP contribution in [0.5, 0.6) is 0 Å². The Kier molecular flexibility index (Phi) is 10.3. The molecule has 0 aromatic heterocycles. The van der Waals surface area contributed by atoms with Crippen LogP contribution in [0.4, 0.5) is 0 Å². The third-order valence-corrected chi connectivity index (χ3v) is 7.22. The van der Waals surface area contributed by atoms with Gasteiger partial charge in [-0.1, -0.05) is 75.8 Å². The predicted molar refractivity (Wildman–Crippen MR) is 136 cm³/mol. The van der Waals surface area contributed by atoms with E-state index in [1.807, 2.05) is 50.3 Å². The minimum atomic E-state index is -1.21. The number of esters is 1. The van der Waals surface area contributed by atoms with Gasteiger partial charge in [-0.15, -0.1) is 0 Å². The molecule has 1 aliphatic heterocycles. The molecular formula is C29H42O5. The first-order chi connectivity index (χ1) is 15.9. The van der Waals surface area contributed by atoms with E-state index in [0.717, 1.165) is 30.4 Å². The lowest BCUT2D eigenvalue weighted by Crippen LogP contribution is -2.45. The van der Waals surface area contributed by atoms with Crippen molar-refractivity contribution in [3.63, 3.8) is 0 Å². The van der Waals surface area contributed by atoms with E-state index in [-0.39, 0.29) is 18.1 Å². The molecular weight excluding hydrogens is 428 g/mol. The third kappa shape index (κ3) is 7.64. The molecule has 0 saturated heterocycles. The number of ether oxygens (including phenoxy) is 1. The smallest absolute Gasteiger partial charge is 0.309 e. The minimum absolute atomic E-state index is 0.0404. The van der Waals surface area contributed by atoms with Crippen LogP contribution in [0.2, 0.25) is 0 Å². The second kappa shape index (κ2) is 12.5. The number of carbonyl (C=O) groups excluding carboxylic acids is 2. The predicted octanol–water partition coefficient (Wildman–Crippen LogP) is 5.50.